The van der Waals surface area contributed by atoms with E-state index < -0.39 is 0 Å². The number of nitrogens with zero attached hydrogens (tertiary/aromatic N) is 6. The van der Waals surface area contributed by atoms with E-state index in [1.807, 2.05) is 13.8 Å². The Bertz CT molecular complexity index is 1310. The van der Waals surface area contributed by atoms with Crippen molar-refractivity contribution in [3.8, 4) is 22.9 Å². The lowest BCUT2D eigenvalue weighted by molar-refractivity contribution is 0.226. The summed E-state index contributed by atoms with van der Waals surface area (Å²) in [7, 11) is 2.20. The van der Waals surface area contributed by atoms with Crippen molar-refractivity contribution in [2.45, 2.75) is 70.9 Å². The van der Waals surface area contributed by atoms with Gasteiger partial charge in [-0.3, -0.25) is 4.99 Å². The second-order valence-electron chi connectivity index (χ2n) is 11.2. The molecule has 0 N–H and O–H groups in total. The molecule has 2 fully saturated rings. The molecule has 0 amide bonds. The number of piperidine rings is 1. The highest BCUT2D eigenvalue weighted by atomic mass is 16.5. The van der Waals surface area contributed by atoms with Crippen molar-refractivity contribution in [3.05, 3.63) is 53.1 Å². The predicted octanol–water partition coefficient (Wildman–Crippen LogP) is 5.36. The highest BCUT2D eigenvalue weighted by Gasteiger charge is 2.36. The Morgan fingerprint density at radius 1 is 0.897 bits per heavy atom. The molecule has 2 atom stereocenters. The van der Waals surface area contributed by atoms with E-state index in [-0.39, 0.29) is 6.04 Å². The summed E-state index contributed by atoms with van der Waals surface area (Å²) in [6.45, 7) is 8.14. The minimum absolute atomic E-state index is 0.261. The number of fused-ring (bicyclic) bond motifs is 3. The molecule has 6 rings (SSSR count). The normalized spacial score (nSPS) is 21.7. The van der Waals surface area contributed by atoms with Crippen molar-refractivity contribution in [1.29, 1.82) is 0 Å². The fourth-order valence-corrected chi connectivity index (χ4v) is 6.47. The van der Waals surface area contributed by atoms with Crippen molar-refractivity contribution in [3.63, 3.8) is 0 Å². The molecule has 206 valence electrons. The summed E-state index contributed by atoms with van der Waals surface area (Å²) >= 11 is 0. The summed E-state index contributed by atoms with van der Waals surface area (Å²) in [5.74, 6) is 3.30. The highest BCUT2D eigenvalue weighted by Crippen LogP contribution is 2.42. The molecule has 1 aliphatic carbocycles. The number of rotatable bonds is 8. The van der Waals surface area contributed by atoms with Gasteiger partial charge in [0.2, 0.25) is 5.82 Å². The van der Waals surface area contributed by atoms with Crippen LogP contribution in [0.15, 0.2) is 41.4 Å². The number of likely N-dealkylation sites (tertiary alicyclic amines) is 1. The first-order valence-corrected chi connectivity index (χ1v) is 14.7. The van der Waals surface area contributed by atoms with E-state index in [4.69, 9.17) is 19.6 Å². The third-order valence-electron chi connectivity index (χ3n) is 8.46. The molecule has 1 saturated heterocycles. The summed E-state index contributed by atoms with van der Waals surface area (Å²) in [4.78, 5) is 9.54. The van der Waals surface area contributed by atoms with Gasteiger partial charge < -0.3 is 14.4 Å². The first-order valence-electron chi connectivity index (χ1n) is 14.7. The lowest BCUT2D eigenvalue weighted by atomic mass is 9.79. The predicted molar refractivity (Wildman–Crippen MR) is 153 cm³/mol. The standard InChI is InChI=1S/C31H40N6O2/c1-4-38-28-17-24-25(18-29(28)39-5-2)30(32-27-15-16-36(3)20-26(24)27)22-11-13-23(14-12-22)31-33-35-37(34-31)19-21-9-7-6-8-10-21/h11-14,17-18,21,26-27H,4-10,15-16,19-20H2,1-3H3/t26-,27-/m1/s1. The Kier molecular flexibility index (Phi) is 7.64. The topological polar surface area (TPSA) is 77.7 Å². The van der Waals surface area contributed by atoms with Crippen molar-refractivity contribution in [1.82, 2.24) is 25.1 Å². The molecule has 1 aromatic heterocycles. The van der Waals surface area contributed by atoms with E-state index in [2.05, 4.69) is 58.7 Å². The van der Waals surface area contributed by atoms with Crippen LogP contribution in [-0.2, 0) is 6.54 Å². The van der Waals surface area contributed by atoms with Crippen LogP contribution in [0.25, 0.3) is 11.4 Å². The quantitative estimate of drug-likeness (QED) is 0.392. The van der Waals surface area contributed by atoms with Crippen LogP contribution in [0.1, 0.15) is 75.0 Å². The van der Waals surface area contributed by atoms with Crippen LogP contribution in [-0.4, -0.2) is 70.2 Å². The summed E-state index contributed by atoms with van der Waals surface area (Å²) in [5.41, 5.74) is 5.55. The van der Waals surface area contributed by atoms with E-state index in [0.717, 1.165) is 60.0 Å². The Morgan fingerprint density at radius 2 is 1.62 bits per heavy atom. The molecule has 3 heterocycles. The van der Waals surface area contributed by atoms with Gasteiger partial charge in [0.1, 0.15) is 0 Å². The maximum atomic E-state index is 6.02. The van der Waals surface area contributed by atoms with E-state index in [1.165, 1.54) is 37.7 Å². The van der Waals surface area contributed by atoms with Gasteiger partial charge >= 0.3 is 0 Å². The van der Waals surface area contributed by atoms with Crippen LogP contribution in [0.5, 0.6) is 11.5 Å². The van der Waals surface area contributed by atoms with Gasteiger partial charge in [0.05, 0.1) is 31.5 Å². The number of aromatic nitrogens is 4. The van der Waals surface area contributed by atoms with Gasteiger partial charge in [-0.25, -0.2) is 0 Å². The van der Waals surface area contributed by atoms with Gasteiger partial charge in [0.25, 0.3) is 0 Å². The van der Waals surface area contributed by atoms with Gasteiger partial charge in [-0.2, -0.15) is 4.80 Å². The second-order valence-corrected chi connectivity index (χ2v) is 11.2. The lowest BCUT2D eigenvalue weighted by Gasteiger charge is -2.39. The van der Waals surface area contributed by atoms with Crippen LogP contribution in [0.2, 0.25) is 0 Å². The van der Waals surface area contributed by atoms with Gasteiger partial charge in [0.15, 0.2) is 11.5 Å². The van der Waals surface area contributed by atoms with Crippen molar-refractivity contribution < 1.29 is 9.47 Å². The zero-order chi connectivity index (χ0) is 26.8. The summed E-state index contributed by atoms with van der Waals surface area (Å²) in [6.07, 6.45) is 7.58. The largest absolute Gasteiger partial charge is 0.490 e. The summed E-state index contributed by atoms with van der Waals surface area (Å²) in [5, 5.41) is 13.4. The van der Waals surface area contributed by atoms with Crippen LogP contribution in [0, 0.1) is 5.92 Å². The van der Waals surface area contributed by atoms with E-state index in [9.17, 15) is 0 Å². The molecule has 0 radical (unpaired) electrons. The Hall–Kier alpha value is -3.26. The highest BCUT2D eigenvalue weighted by molar-refractivity contribution is 6.15. The first kappa shape index (κ1) is 26.0. The maximum Gasteiger partial charge on any atom is 0.204 e. The maximum absolute atomic E-state index is 6.02. The molecular formula is C31H40N6O2. The number of likely N-dealkylation sites (N-methyl/N-ethyl adjacent to an activating group) is 1. The van der Waals surface area contributed by atoms with E-state index in [0.29, 0.717) is 30.9 Å². The third-order valence-corrected chi connectivity index (χ3v) is 8.46. The van der Waals surface area contributed by atoms with Crippen molar-refractivity contribution >= 4 is 5.71 Å². The summed E-state index contributed by atoms with van der Waals surface area (Å²) < 4.78 is 12.0. The van der Waals surface area contributed by atoms with Gasteiger partial charge in [-0.15, -0.1) is 10.2 Å². The summed E-state index contributed by atoms with van der Waals surface area (Å²) in [6, 6.07) is 13.1. The molecule has 2 aromatic carbocycles. The monoisotopic (exact) mass is 528 g/mol. The molecule has 0 spiro atoms. The molecule has 39 heavy (non-hydrogen) atoms. The number of aliphatic imine (C=N–C) groups is 1. The second kappa shape index (κ2) is 11.5. The molecule has 3 aliphatic rings. The Morgan fingerprint density at radius 3 is 2.36 bits per heavy atom. The molecule has 1 saturated carbocycles. The molecule has 8 heteroatoms. The number of tetrazole rings is 1. The number of hydrogen-bond acceptors (Lipinski definition) is 7. The molecular weight excluding hydrogens is 488 g/mol. The average Bonchev–Trinajstić information content (AvgIpc) is 3.42. The van der Waals surface area contributed by atoms with E-state index >= 15 is 0 Å². The Labute approximate surface area is 231 Å². The minimum atomic E-state index is 0.261. The minimum Gasteiger partial charge on any atom is -0.490 e. The average molecular weight is 529 g/mol. The van der Waals surface area contributed by atoms with Crippen LogP contribution >= 0.6 is 0 Å². The smallest absolute Gasteiger partial charge is 0.204 e. The van der Waals surface area contributed by atoms with Gasteiger partial charge in [-0.1, -0.05) is 43.5 Å². The third kappa shape index (κ3) is 5.44. The zero-order valence-electron chi connectivity index (χ0n) is 23.5. The van der Waals surface area contributed by atoms with Crippen molar-refractivity contribution in [2.24, 2.45) is 10.9 Å². The number of ether oxygens (including phenoxy) is 2. The first-order chi connectivity index (χ1) is 19.1. The van der Waals surface area contributed by atoms with Gasteiger partial charge in [-0.05, 0) is 75.5 Å². The SMILES string of the molecule is CCOc1cc2c(cc1OCC)[C@H]1CN(C)CC[C@H]1N=C2c1ccc(-c2nnn(CC3CCCCC3)n2)cc1. The molecule has 2 aliphatic heterocycles. The molecule has 3 aromatic rings. The number of hydrogen-bond donors (Lipinski definition) is 0. The van der Waals surface area contributed by atoms with Crippen LogP contribution in [0.3, 0.4) is 0 Å². The Balaban J connectivity index is 1.30. The molecule has 8 nitrogen and oxygen atoms in total. The van der Waals surface area contributed by atoms with Crippen LogP contribution < -0.4 is 9.47 Å². The molecule has 0 unspecified atom stereocenters. The van der Waals surface area contributed by atoms with Crippen LogP contribution in [0.4, 0.5) is 0 Å². The fraction of sp³-hybridized carbons (Fsp3) is 0.548. The number of benzene rings is 2. The molecule has 0 bridgehead atoms. The van der Waals surface area contributed by atoms with Gasteiger partial charge in [0, 0.05) is 29.2 Å². The fourth-order valence-electron chi connectivity index (χ4n) is 6.47. The lowest BCUT2D eigenvalue weighted by Crippen LogP contribution is -2.41. The van der Waals surface area contributed by atoms with E-state index in [1.54, 1.807) is 4.80 Å². The zero-order valence-corrected chi connectivity index (χ0v) is 23.5. The van der Waals surface area contributed by atoms with Crippen molar-refractivity contribution in [2.75, 3.05) is 33.4 Å².